The number of thiophene rings is 1. The summed E-state index contributed by atoms with van der Waals surface area (Å²) in [4.78, 5) is 28.3. The fraction of sp³-hybridized carbons (Fsp3) is 0.440. The van der Waals surface area contributed by atoms with Gasteiger partial charge < -0.3 is 31.0 Å². The SMILES string of the molecule is COc1cc(N)c(C=N)cc1Nc1ncnc2sc3c(c12)CC[C@H](C(=O)N(C)CCCN(C)C)C3. The highest BCUT2D eigenvalue weighted by Gasteiger charge is 2.30. The van der Waals surface area contributed by atoms with Crippen molar-refractivity contribution in [1.29, 1.82) is 5.41 Å². The predicted molar refractivity (Wildman–Crippen MR) is 142 cm³/mol. The van der Waals surface area contributed by atoms with Crippen LogP contribution < -0.4 is 15.8 Å². The summed E-state index contributed by atoms with van der Waals surface area (Å²) in [7, 11) is 7.59. The standard InChI is InChI=1S/C25H33N7O2S/c1-31(2)8-5-9-32(3)25(33)15-6-7-17-21(11-15)35-24-22(17)23(28-14-29-24)30-19-10-16(13-26)18(27)12-20(19)34-4/h10,12-15,26H,5-9,11,27H2,1-4H3,(H,28,29,30)/t15-/m0/s1. The van der Waals surface area contributed by atoms with Gasteiger partial charge in [-0.1, -0.05) is 0 Å². The number of carbonyl (C=O) groups is 1. The molecule has 1 atom stereocenters. The Kier molecular flexibility index (Phi) is 7.51. The van der Waals surface area contributed by atoms with Gasteiger partial charge in [0.2, 0.25) is 5.91 Å². The molecule has 3 aromatic rings. The topological polar surface area (TPSA) is 120 Å². The van der Waals surface area contributed by atoms with Gasteiger partial charge in [-0.2, -0.15) is 0 Å². The maximum absolute atomic E-state index is 13.1. The van der Waals surface area contributed by atoms with Crippen LogP contribution in [0.5, 0.6) is 5.75 Å². The third kappa shape index (κ3) is 5.23. The van der Waals surface area contributed by atoms with E-state index >= 15 is 0 Å². The highest BCUT2D eigenvalue weighted by atomic mass is 32.1. The maximum Gasteiger partial charge on any atom is 0.225 e. The van der Waals surface area contributed by atoms with Crippen LogP contribution in [0.25, 0.3) is 10.2 Å². The van der Waals surface area contributed by atoms with Gasteiger partial charge in [-0.25, -0.2) is 9.97 Å². The van der Waals surface area contributed by atoms with Gasteiger partial charge in [0.25, 0.3) is 0 Å². The summed E-state index contributed by atoms with van der Waals surface area (Å²) < 4.78 is 5.50. The van der Waals surface area contributed by atoms with Crippen molar-refractivity contribution in [3.63, 3.8) is 0 Å². The molecule has 1 amide bonds. The van der Waals surface area contributed by atoms with E-state index in [1.807, 2.05) is 26.0 Å². The minimum Gasteiger partial charge on any atom is -0.494 e. The van der Waals surface area contributed by atoms with E-state index in [4.69, 9.17) is 15.9 Å². The number of aromatic nitrogens is 2. The van der Waals surface area contributed by atoms with E-state index in [1.165, 1.54) is 16.7 Å². The number of aryl methyl sites for hydroxylation is 1. The van der Waals surface area contributed by atoms with Crippen molar-refractivity contribution in [2.24, 2.45) is 5.92 Å². The van der Waals surface area contributed by atoms with Crippen LogP contribution in [0.15, 0.2) is 18.5 Å². The highest BCUT2D eigenvalue weighted by Crippen LogP contribution is 2.41. The first kappa shape index (κ1) is 24.9. The number of nitrogens with one attached hydrogen (secondary N) is 2. The number of fused-ring (bicyclic) bond motifs is 3. The van der Waals surface area contributed by atoms with Gasteiger partial charge >= 0.3 is 0 Å². The molecule has 2 aromatic heterocycles. The Morgan fingerprint density at radius 2 is 2.11 bits per heavy atom. The fourth-order valence-corrected chi connectivity index (χ4v) is 5.86. The van der Waals surface area contributed by atoms with Crippen molar-refractivity contribution in [3.05, 3.63) is 34.5 Å². The summed E-state index contributed by atoms with van der Waals surface area (Å²) in [5, 5.41) is 12.0. The van der Waals surface area contributed by atoms with Crippen molar-refractivity contribution in [2.75, 3.05) is 52.4 Å². The van der Waals surface area contributed by atoms with Crippen molar-refractivity contribution in [3.8, 4) is 5.75 Å². The smallest absolute Gasteiger partial charge is 0.225 e. The molecule has 0 radical (unpaired) electrons. The van der Waals surface area contributed by atoms with Crippen LogP contribution in [-0.2, 0) is 17.6 Å². The zero-order chi connectivity index (χ0) is 25.1. The molecule has 0 unspecified atom stereocenters. The first-order valence-electron chi connectivity index (χ1n) is 11.7. The van der Waals surface area contributed by atoms with E-state index < -0.39 is 0 Å². The molecule has 9 nitrogen and oxygen atoms in total. The number of hydrogen-bond donors (Lipinski definition) is 3. The van der Waals surface area contributed by atoms with Crippen LogP contribution in [0.4, 0.5) is 17.2 Å². The van der Waals surface area contributed by atoms with Gasteiger partial charge in [0, 0.05) is 47.9 Å². The van der Waals surface area contributed by atoms with Crippen molar-refractivity contribution in [2.45, 2.75) is 25.7 Å². The Bertz CT molecular complexity index is 1240. The second kappa shape index (κ2) is 10.6. The second-order valence-corrected chi connectivity index (χ2v) is 10.3. The Hall–Kier alpha value is -3.24. The zero-order valence-electron chi connectivity index (χ0n) is 20.7. The number of carbonyl (C=O) groups excluding carboxylic acids is 1. The Balaban J connectivity index is 1.58. The summed E-state index contributed by atoms with van der Waals surface area (Å²) in [6.45, 7) is 1.74. The number of rotatable bonds is 9. The monoisotopic (exact) mass is 495 g/mol. The summed E-state index contributed by atoms with van der Waals surface area (Å²) in [6.07, 6.45) is 6.09. The number of amides is 1. The predicted octanol–water partition coefficient (Wildman–Crippen LogP) is 3.54. The summed E-state index contributed by atoms with van der Waals surface area (Å²) in [6, 6.07) is 3.49. The van der Waals surface area contributed by atoms with Gasteiger partial charge in [0.05, 0.1) is 18.2 Å². The molecule has 1 aromatic carbocycles. The van der Waals surface area contributed by atoms with Gasteiger partial charge in [-0.3, -0.25) is 4.79 Å². The molecule has 4 N–H and O–H groups in total. The second-order valence-electron chi connectivity index (χ2n) is 9.21. The maximum atomic E-state index is 13.1. The van der Waals surface area contributed by atoms with Crippen LogP contribution in [0.2, 0.25) is 0 Å². The molecule has 186 valence electrons. The van der Waals surface area contributed by atoms with Crippen LogP contribution in [-0.4, -0.2) is 73.2 Å². The number of benzene rings is 1. The number of anilines is 3. The third-order valence-corrected chi connectivity index (χ3v) is 7.65. The normalized spacial score (nSPS) is 15.2. The quantitative estimate of drug-likeness (QED) is 0.307. The van der Waals surface area contributed by atoms with Crippen molar-refractivity contribution in [1.82, 2.24) is 19.8 Å². The number of methoxy groups -OCH3 is 1. The Labute approximate surface area is 209 Å². The molecule has 0 bridgehead atoms. The Morgan fingerprint density at radius 1 is 1.31 bits per heavy atom. The van der Waals surface area contributed by atoms with Gasteiger partial charge in [-0.05, 0) is 58.0 Å². The van der Waals surface area contributed by atoms with E-state index in [0.29, 0.717) is 28.5 Å². The van der Waals surface area contributed by atoms with Crippen LogP contribution in [0.1, 0.15) is 28.8 Å². The molecule has 10 heteroatoms. The lowest BCUT2D eigenvalue weighted by atomic mass is 9.87. The molecule has 4 rings (SSSR count). The number of hydrogen-bond acceptors (Lipinski definition) is 9. The van der Waals surface area contributed by atoms with Crippen molar-refractivity contribution < 1.29 is 9.53 Å². The summed E-state index contributed by atoms with van der Waals surface area (Å²) in [5.41, 5.74) is 8.99. The van der Waals surface area contributed by atoms with E-state index in [2.05, 4.69) is 20.2 Å². The summed E-state index contributed by atoms with van der Waals surface area (Å²) in [5.74, 6) is 1.49. The van der Waals surface area contributed by atoms with Gasteiger partial charge in [0.1, 0.15) is 22.7 Å². The number of nitrogens with two attached hydrogens (primary N) is 1. The number of nitrogen functional groups attached to an aromatic ring is 1. The van der Waals surface area contributed by atoms with Gasteiger partial charge in [-0.15, -0.1) is 11.3 Å². The molecule has 0 spiro atoms. The minimum absolute atomic E-state index is 0.00312. The molecule has 0 fully saturated rings. The van der Waals surface area contributed by atoms with Crippen LogP contribution in [0, 0.1) is 11.3 Å². The Morgan fingerprint density at radius 3 is 2.83 bits per heavy atom. The van der Waals surface area contributed by atoms with Gasteiger partial charge in [0.15, 0.2) is 0 Å². The van der Waals surface area contributed by atoms with Crippen molar-refractivity contribution >= 4 is 50.9 Å². The molecule has 0 saturated carbocycles. The fourth-order valence-electron chi connectivity index (χ4n) is 4.59. The van der Waals surface area contributed by atoms with E-state index in [9.17, 15) is 4.79 Å². The van der Waals surface area contributed by atoms with E-state index in [-0.39, 0.29) is 11.8 Å². The first-order valence-corrected chi connectivity index (χ1v) is 12.5. The average Bonchev–Trinajstić information content (AvgIpc) is 3.22. The highest BCUT2D eigenvalue weighted by molar-refractivity contribution is 7.19. The number of ether oxygens (including phenoxy) is 1. The largest absolute Gasteiger partial charge is 0.494 e. The molecule has 2 heterocycles. The molecular formula is C25H33N7O2S. The molecule has 0 aliphatic heterocycles. The average molecular weight is 496 g/mol. The minimum atomic E-state index is -0.00312. The molecule has 1 aliphatic carbocycles. The zero-order valence-corrected chi connectivity index (χ0v) is 21.5. The summed E-state index contributed by atoms with van der Waals surface area (Å²) >= 11 is 1.64. The van der Waals surface area contributed by atoms with E-state index in [1.54, 1.807) is 36.9 Å². The lowest BCUT2D eigenvalue weighted by Gasteiger charge is -2.27. The lowest BCUT2D eigenvalue weighted by Crippen LogP contribution is -2.36. The molecule has 1 aliphatic rings. The number of nitrogens with zero attached hydrogens (tertiary/aromatic N) is 4. The van der Waals surface area contributed by atoms with Crippen LogP contribution >= 0.6 is 11.3 Å². The third-order valence-electron chi connectivity index (χ3n) is 6.48. The molecule has 0 saturated heterocycles. The first-order chi connectivity index (χ1) is 16.8. The lowest BCUT2D eigenvalue weighted by molar-refractivity contribution is -0.134. The molecule has 35 heavy (non-hydrogen) atoms. The molecular weight excluding hydrogens is 462 g/mol. The van der Waals surface area contributed by atoms with E-state index in [0.717, 1.165) is 49.0 Å². The van der Waals surface area contributed by atoms with Crippen LogP contribution in [0.3, 0.4) is 0 Å².